The van der Waals surface area contributed by atoms with Crippen molar-refractivity contribution in [1.82, 2.24) is 0 Å². The summed E-state index contributed by atoms with van der Waals surface area (Å²) < 4.78 is 30.1. The van der Waals surface area contributed by atoms with Gasteiger partial charge in [0.05, 0.1) is 75.3 Å². The summed E-state index contributed by atoms with van der Waals surface area (Å²) in [6.07, 6.45) is 20.2. The minimum Gasteiger partial charge on any atom is -0.373 e. The second-order valence-electron chi connectivity index (χ2n) is 11.1. The van der Waals surface area contributed by atoms with Crippen LogP contribution in [-0.2, 0) is 28.4 Å². The van der Waals surface area contributed by atoms with Crippen LogP contribution in [0.4, 0.5) is 0 Å². The van der Waals surface area contributed by atoms with Crippen LogP contribution < -0.4 is 0 Å². The van der Waals surface area contributed by atoms with Crippen LogP contribution >= 0.6 is 0 Å². The average molecular weight is 641 g/mol. The molecule has 0 radical (unpaired) electrons. The number of rotatable bonds is 12. The van der Waals surface area contributed by atoms with Gasteiger partial charge in [0.2, 0.25) is 0 Å². The standard InChI is InChI=1S/2C7H14O.2C5H10O.2C4H8O.6CH4/c1-3-5-7-6(4-2)8-7;1-2-3-4-5-7-6-8-7;1-3-5-4(2)6-5;1-2-3-5-4-6-5;2*1-2-4-3-5-4;;;;;;/h6-7H,3-5H2,1-2H3;7H,2-6H2,1H3;4-5H,3H2,1-2H3;5H,2-4H2,1H3;2*4H,2-3H2,1H3;6*1H4. The van der Waals surface area contributed by atoms with E-state index in [4.69, 9.17) is 28.4 Å². The summed E-state index contributed by atoms with van der Waals surface area (Å²) in [4.78, 5) is 0. The van der Waals surface area contributed by atoms with Gasteiger partial charge in [0.15, 0.2) is 0 Å². The van der Waals surface area contributed by atoms with Crippen LogP contribution in [0.25, 0.3) is 0 Å². The lowest BCUT2D eigenvalue weighted by Crippen LogP contribution is -1.89. The molecule has 6 nitrogen and oxygen atoms in total. The molecule has 0 spiro atoms. The molecule has 0 aromatic rings. The fourth-order valence-electron chi connectivity index (χ4n) is 3.76. The summed E-state index contributed by atoms with van der Waals surface area (Å²) in [7, 11) is 0. The van der Waals surface area contributed by atoms with E-state index in [9.17, 15) is 0 Å². The Kier molecular flexibility index (Phi) is 45.4. The summed E-state index contributed by atoms with van der Waals surface area (Å²) in [5, 5.41) is 0. The molecule has 6 saturated heterocycles. The van der Waals surface area contributed by atoms with Crippen molar-refractivity contribution in [1.29, 1.82) is 0 Å². The predicted octanol–water partition coefficient (Wildman–Crippen LogP) is 11.7. The van der Waals surface area contributed by atoms with Gasteiger partial charge in [0, 0.05) is 0 Å². The monoisotopic (exact) mass is 641 g/mol. The van der Waals surface area contributed by atoms with E-state index in [0.717, 1.165) is 26.4 Å². The van der Waals surface area contributed by atoms with Crippen LogP contribution in [0.2, 0.25) is 0 Å². The molecule has 0 aliphatic carbocycles. The van der Waals surface area contributed by atoms with Crippen molar-refractivity contribution in [2.75, 3.05) is 26.4 Å². The van der Waals surface area contributed by atoms with Crippen molar-refractivity contribution in [3.63, 3.8) is 0 Å². The average Bonchev–Trinajstić information content (AvgIpc) is 3.70. The lowest BCUT2D eigenvalue weighted by Gasteiger charge is -1.90. The molecule has 0 amide bonds. The zero-order valence-corrected chi connectivity index (χ0v) is 26.4. The van der Waals surface area contributed by atoms with Crippen LogP contribution in [0.15, 0.2) is 0 Å². The summed E-state index contributed by atoms with van der Waals surface area (Å²) in [6, 6.07) is 0. The lowest BCUT2D eigenvalue weighted by molar-refractivity contribution is 0.358. The SMILES string of the molecule is C.C.C.C.C.C.CCC1CO1.CCC1CO1.CCC1OC1C.CCCC1CO1.CCCC1OC1CC.CCCCCC1CO1. The van der Waals surface area contributed by atoms with Crippen LogP contribution in [0.3, 0.4) is 0 Å². The third-order valence-corrected chi connectivity index (χ3v) is 7.16. The highest BCUT2D eigenvalue weighted by Crippen LogP contribution is 2.28. The van der Waals surface area contributed by atoms with Gasteiger partial charge in [-0.1, -0.05) is 125 Å². The molecule has 0 aromatic carbocycles. The first-order valence-corrected chi connectivity index (χ1v) is 16.2. The number of hydrogen-bond acceptors (Lipinski definition) is 6. The van der Waals surface area contributed by atoms with Crippen LogP contribution in [0, 0.1) is 0 Å². The summed E-state index contributed by atoms with van der Waals surface area (Å²) in [5.41, 5.74) is 0. The van der Waals surface area contributed by atoms with Gasteiger partial charge in [-0.05, 0) is 51.9 Å². The van der Waals surface area contributed by atoms with Crippen molar-refractivity contribution in [2.24, 2.45) is 0 Å². The molecule has 276 valence electrons. The summed E-state index contributed by atoms with van der Waals surface area (Å²) in [6.45, 7) is 21.4. The molecule has 6 aliphatic rings. The van der Waals surface area contributed by atoms with Crippen molar-refractivity contribution in [3.05, 3.63) is 0 Å². The first kappa shape index (κ1) is 56.1. The fourth-order valence-corrected chi connectivity index (χ4v) is 3.76. The first-order valence-electron chi connectivity index (χ1n) is 16.2. The van der Waals surface area contributed by atoms with E-state index in [1.54, 1.807) is 0 Å². The van der Waals surface area contributed by atoms with Crippen LogP contribution in [0.1, 0.15) is 177 Å². The van der Waals surface area contributed by atoms with Gasteiger partial charge in [0.1, 0.15) is 0 Å². The van der Waals surface area contributed by atoms with E-state index in [1.807, 2.05) is 0 Å². The Hall–Kier alpha value is -0.240. The maximum Gasteiger partial charge on any atom is 0.0841 e. The van der Waals surface area contributed by atoms with Gasteiger partial charge >= 0.3 is 0 Å². The quantitative estimate of drug-likeness (QED) is 0.156. The molecule has 6 heterocycles. The second-order valence-corrected chi connectivity index (χ2v) is 11.1. The molecular formula is C38H88O6. The summed E-state index contributed by atoms with van der Waals surface area (Å²) >= 11 is 0. The number of epoxide rings is 6. The molecule has 6 fully saturated rings. The maximum atomic E-state index is 5.31. The van der Waals surface area contributed by atoms with Crippen LogP contribution in [0.5, 0.6) is 0 Å². The second kappa shape index (κ2) is 35.6. The van der Waals surface area contributed by atoms with Crippen molar-refractivity contribution >= 4 is 0 Å². The van der Waals surface area contributed by atoms with Gasteiger partial charge in [0.25, 0.3) is 0 Å². The van der Waals surface area contributed by atoms with Crippen molar-refractivity contribution in [2.45, 2.75) is 226 Å². The Morgan fingerprint density at radius 1 is 0.409 bits per heavy atom. The number of hydrogen-bond donors (Lipinski definition) is 0. The fraction of sp³-hybridized carbons (Fsp3) is 1.00. The number of ether oxygens (including phenoxy) is 6. The van der Waals surface area contributed by atoms with Gasteiger partial charge < -0.3 is 28.4 Å². The minimum absolute atomic E-state index is 0. The zero-order valence-electron chi connectivity index (χ0n) is 26.4. The van der Waals surface area contributed by atoms with E-state index in [0.29, 0.717) is 48.8 Å². The third-order valence-electron chi connectivity index (χ3n) is 7.16. The zero-order chi connectivity index (χ0) is 28.2. The smallest absolute Gasteiger partial charge is 0.0841 e. The topological polar surface area (TPSA) is 75.2 Å². The van der Waals surface area contributed by atoms with E-state index in [-0.39, 0.29) is 44.6 Å². The third kappa shape index (κ3) is 37.9. The van der Waals surface area contributed by atoms with Gasteiger partial charge in [-0.2, -0.15) is 0 Å². The van der Waals surface area contributed by atoms with Crippen LogP contribution in [-0.4, -0.2) is 75.3 Å². The Labute approximate surface area is 280 Å². The molecule has 0 aromatic heterocycles. The van der Waals surface area contributed by atoms with Gasteiger partial charge in [-0.3, -0.25) is 0 Å². The number of unbranched alkanes of at least 4 members (excludes halogenated alkanes) is 2. The highest BCUT2D eigenvalue weighted by molar-refractivity contribution is 4.82. The highest BCUT2D eigenvalue weighted by Gasteiger charge is 2.35. The van der Waals surface area contributed by atoms with E-state index >= 15 is 0 Å². The Balaban J connectivity index is -0.0000000966. The van der Waals surface area contributed by atoms with Crippen molar-refractivity contribution in [3.8, 4) is 0 Å². The Morgan fingerprint density at radius 2 is 0.795 bits per heavy atom. The molecule has 0 saturated carbocycles. The predicted molar refractivity (Wildman–Crippen MR) is 197 cm³/mol. The minimum atomic E-state index is 0. The van der Waals surface area contributed by atoms with Crippen molar-refractivity contribution < 1.29 is 28.4 Å². The Bertz CT molecular complexity index is 503. The highest BCUT2D eigenvalue weighted by atomic mass is 16.6. The molecule has 8 atom stereocenters. The van der Waals surface area contributed by atoms with Gasteiger partial charge in [-0.15, -0.1) is 0 Å². The molecule has 6 heteroatoms. The normalized spacial score (nSPS) is 28.9. The van der Waals surface area contributed by atoms with E-state index in [2.05, 4.69) is 55.4 Å². The molecule has 0 bridgehead atoms. The molecule has 6 rings (SSSR count). The Morgan fingerprint density at radius 3 is 0.977 bits per heavy atom. The van der Waals surface area contributed by atoms with Gasteiger partial charge in [-0.25, -0.2) is 0 Å². The van der Waals surface area contributed by atoms with E-state index in [1.165, 1.54) is 77.0 Å². The lowest BCUT2D eigenvalue weighted by atomic mass is 10.2. The first-order chi connectivity index (χ1) is 18.5. The molecule has 44 heavy (non-hydrogen) atoms. The molecule has 0 N–H and O–H groups in total. The summed E-state index contributed by atoms with van der Waals surface area (Å²) in [5.74, 6) is 0. The maximum absolute atomic E-state index is 5.31. The molecule has 6 aliphatic heterocycles. The molecule has 8 unspecified atom stereocenters. The van der Waals surface area contributed by atoms with E-state index < -0.39 is 0 Å². The molecular weight excluding hydrogens is 552 g/mol. The largest absolute Gasteiger partial charge is 0.373 e.